The molecule has 0 aliphatic rings. The molecule has 118 valence electrons. The van der Waals surface area contributed by atoms with Crippen LogP contribution in [0.15, 0.2) is 40.9 Å². The van der Waals surface area contributed by atoms with Gasteiger partial charge in [0.15, 0.2) is 0 Å². The number of hydrogen-bond donors (Lipinski definition) is 1. The third-order valence-electron chi connectivity index (χ3n) is 3.51. The fourth-order valence-corrected chi connectivity index (χ4v) is 2.26. The number of benzene rings is 1. The molecule has 0 radical (unpaired) electrons. The van der Waals surface area contributed by atoms with Crippen LogP contribution in [0.25, 0.3) is 0 Å². The van der Waals surface area contributed by atoms with Crippen molar-refractivity contribution in [3.8, 4) is 5.75 Å². The van der Waals surface area contributed by atoms with Crippen LogP contribution in [-0.2, 0) is 6.42 Å². The molecule has 6 nitrogen and oxygen atoms in total. The van der Waals surface area contributed by atoms with Crippen molar-refractivity contribution in [1.82, 2.24) is 15.1 Å². The minimum Gasteiger partial charge on any atom is -0.506 e. The van der Waals surface area contributed by atoms with Gasteiger partial charge in [0.25, 0.3) is 0 Å². The number of phenolic OH excluding ortho intramolecular Hbond substituents is 1. The highest BCUT2D eigenvalue weighted by Gasteiger charge is 2.02. The number of aryl methyl sites for hydroxylation is 1. The van der Waals surface area contributed by atoms with Crippen LogP contribution in [0.2, 0.25) is 0 Å². The van der Waals surface area contributed by atoms with E-state index in [2.05, 4.69) is 27.6 Å². The number of hydrogen-bond acceptors (Lipinski definition) is 5. The van der Waals surface area contributed by atoms with E-state index in [4.69, 9.17) is 0 Å². The van der Waals surface area contributed by atoms with Crippen LogP contribution < -0.4 is 0 Å². The highest BCUT2D eigenvalue weighted by Crippen LogP contribution is 2.28. The Balaban J connectivity index is 1.87. The maximum absolute atomic E-state index is 9.83. The van der Waals surface area contributed by atoms with E-state index in [1.807, 2.05) is 12.1 Å². The Morgan fingerprint density at radius 3 is 2.73 bits per heavy atom. The zero-order valence-electron chi connectivity index (χ0n) is 13.0. The fourth-order valence-electron chi connectivity index (χ4n) is 2.26. The molecule has 0 saturated carbocycles. The molecule has 0 aliphatic carbocycles. The van der Waals surface area contributed by atoms with Gasteiger partial charge in [0.05, 0.1) is 12.4 Å². The number of unbranched alkanes of at least 4 members (excludes halogenated alkanes) is 5. The van der Waals surface area contributed by atoms with Crippen molar-refractivity contribution in [2.75, 3.05) is 0 Å². The summed E-state index contributed by atoms with van der Waals surface area (Å²) in [5.74, 6) is 0.121. The third-order valence-corrected chi connectivity index (χ3v) is 3.51. The molecule has 0 fully saturated rings. The molecular formula is C16H23N5O. The highest BCUT2D eigenvalue weighted by molar-refractivity contribution is 5.52. The molecule has 1 aromatic carbocycles. The molecule has 22 heavy (non-hydrogen) atoms. The minimum absolute atomic E-state index is 0.121. The maximum Gasteiger partial charge on any atom is 0.143 e. The van der Waals surface area contributed by atoms with Crippen molar-refractivity contribution in [3.05, 3.63) is 36.2 Å². The van der Waals surface area contributed by atoms with E-state index in [0.29, 0.717) is 5.69 Å². The number of aromatic hydroxyl groups is 1. The van der Waals surface area contributed by atoms with Crippen molar-refractivity contribution in [3.63, 3.8) is 0 Å². The Kier molecular flexibility index (Phi) is 6.54. The highest BCUT2D eigenvalue weighted by atomic mass is 16.3. The molecule has 1 aromatic heterocycles. The largest absolute Gasteiger partial charge is 0.506 e. The monoisotopic (exact) mass is 301 g/mol. The van der Waals surface area contributed by atoms with Crippen LogP contribution in [-0.4, -0.2) is 20.2 Å². The van der Waals surface area contributed by atoms with E-state index in [1.54, 1.807) is 12.3 Å². The van der Waals surface area contributed by atoms with Crippen molar-refractivity contribution >= 4 is 5.69 Å². The lowest BCUT2D eigenvalue weighted by Crippen LogP contribution is -1.88. The second-order valence-corrected chi connectivity index (χ2v) is 5.35. The first-order valence-electron chi connectivity index (χ1n) is 7.90. The molecule has 0 amide bonds. The molecule has 0 bridgehead atoms. The van der Waals surface area contributed by atoms with Gasteiger partial charge in [-0.15, -0.1) is 15.0 Å². The molecule has 2 aromatic rings. The van der Waals surface area contributed by atoms with Crippen molar-refractivity contribution in [2.24, 2.45) is 10.3 Å². The van der Waals surface area contributed by atoms with E-state index in [-0.39, 0.29) is 5.75 Å². The van der Waals surface area contributed by atoms with Gasteiger partial charge in [0, 0.05) is 0 Å². The summed E-state index contributed by atoms with van der Waals surface area (Å²) in [5, 5.41) is 25.1. The average molecular weight is 301 g/mol. The predicted octanol–water partition coefficient (Wildman–Crippen LogP) is 4.43. The second kappa shape index (κ2) is 8.92. The second-order valence-electron chi connectivity index (χ2n) is 5.35. The number of aromatic nitrogens is 3. The van der Waals surface area contributed by atoms with Crippen LogP contribution >= 0.6 is 0 Å². The molecule has 0 atom stereocenters. The summed E-state index contributed by atoms with van der Waals surface area (Å²) in [6, 6.07) is 5.49. The van der Waals surface area contributed by atoms with Crippen molar-refractivity contribution in [2.45, 2.75) is 51.9 Å². The first-order valence-corrected chi connectivity index (χ1v) is 7.90. The van der Waals surface area contributed by atoms with Crippen LogP contribution in [0.1, 0.15) is 51.0 Å². The molecule has 1 N–H and O–H groups in total. The Morgan fingerprint density at radius 2 is 1.95 bits per heavy atom. The van der Waals surface area contributed by atoms with Gasteiger partial charge < -0.3 is 5.11 Å². The van der Waals surface area contributed by atoms with Gasteiger partial charge in [-0.3, -0.25) is 0 Å². The van der Waals surface area contributed by atoms with Crippen molar-refractivity contribution in [1.29, 1.82) is 0 Å². The maximum atomic E-state index is 9.83. The number of phenols is 1. The lowest BCUT2D eigenvalue weighted by molar-refractivity contribution is 0.475. The number of nitrogens with zero attached hydrogens (tertiary/aromatic N) is 5. The van der Waals surface area contributed by atoms with E-state index >= 15 is 0 Å². The SMILES string of the molecule is CCCCCCCCc1ccc(O)c(N=Nn2ccnn2)c1. The number of rotatable bonds is 9. The van der Waals surface area contributed by atoms with Crippen LogP contribution in [0.4, 0.5) is 5.69 Å². The quantitative estimate of drug-likeness (QED) is 0.549. The summed E-state index contributed by atoms with van der Waals surface area (Å²) < 4.78 is 0. The topological polar surface area (TPSA) is 75.7 Å². The summed E-state index contributed by atoms with van der Waals surface area (Å²) in [7, 11) is 0. The third kappa shape index (κ3) is 5.27. The van der Waals surface area contributed by atoms with Gasteiger partial charge in [-0.25, -0.2) is 0 Å². The van der Waals surface area contributed by atoms with Gasteiger partial charge in [-0.1, -0.05) is 45.1 Å². The summed E-state index contributed by atoms with van der Waals surface area (Å²) >= 11 is 0. The Bertz CT molecular complexity index is 580. The Morgan fingerprint density at radius 1 is 1.14 bits per heavy atom. The lowest BCUT2D eigenvalue weighted by Gasteiger charge is -2.04. The predicted molar refractivity (Wildman–Crippen MR) is 85.1 cm³/mol. The molecule has 0 unspecified atom stereocenters. The first kappa shape index (κ1) is 16.1. The normalized spacial score (nSPS) is 11.3. The zero-order valence-corrected chi connectivity index (χ0v) is 13.0. The van der Waals surface area contributed by atoms with Crippen LogP contribution in [0.3, 0.4) is 0 Å². The Labute approximate surface area is 130 Å². The Hall–Kier alpha value is -2.24. The van der Waals surface area contributed by atoms with Gasteiger partial charge in [0.2, 0.25) is 0 Å². The van der Waals surface area contributed by atoms with Crippen molar-refractivity contribution < 1.29 is 5.11 Å². The standard InChI is InChI=1S/C16H23N5O/c1-2-3-4-5-6-7-8-14-9-10-16(22)15(13-14)18-20-21-12-11-17-19-21/h9-13,22H,2-8H2,1H3. The molecule has 6 heteroatoms. The molecule has 1 heterocycles. The van der Waals surface area contributed by atoms with E-state index < -0.39 is 0 Å². The van der Waals surface area contributed by atoms with E-state index in [9.17, 15) is 5.11 Å². The van der Waals surface area contributed by atoms with E-state index in [1.165, 1.54) is 48.7 Å². The van der Waals surface area contributed by atoms with Crippen LogP contribution in [0, 0.1) is 0 Å². The molecule has 0 saturated heterocycles. The van der Waals surface area contributed by atoms with Gasteiger partial charge in [0.1, 0.15) is 11.4 Å². The smallest absolute Gasteiger partial charge is 0.143 e. The summed E-state index contributed by atoms with van der Waals surface area (Å²) in [6.07, 6.45) is 11.7. The van der Waals surface area contributed by atoms with Crippen LogP contribution in [0.5, 0.6) is 5.75 Å². The summed E-state index contributed by atoms with van der Waals surface area (Å²) in [6.45, 7) is 2.23. The molecule has 0 aliphatic heterocycles. The van der Waals surface area contributed by atoms with Gasteiger partial charge >= 0.3 is 0 Å². The molecule has 2 rings (SSSR count). The molecular weight excluding hydrogens is 278 g/mol. The first-order chi connectivity index (χ1) is 10.8. The summed E-state index contributed by atoms with van der Waals surface area (Å²) in [4.78, 5) is 1.25. The van der Waals surface area contributed by atoms with E-state index in [0.717, 1.165) is 12.8 Å². The van der Waals surface area contributed by atoms with Gasteiger partial charge in [-0.05, 0) is 41.0 Å². The molecule has 0 spiro atoms. The average Bonchev–Trinajstić information content (AvgIpc) is 3.04. The minimum atomic E-state index is 0.121. The van der Waals surface area contributed by atoms with Gasteiger partial charge in [-0.2, -0.15) is 0 Å². The fraction of sp³-hybridized carbons (Fsp3) is 0.500. The lowest BCUT2D eigenvalue weighted by atomic mass is 10.0. The zero-order chi connectivity index (χ0) is 15.6. The summed E-state index contributed by atoms with van der Waals surface area (Å²) in [5.41, 5.74) is 1.62.